The maximum atomic E-state index is 5.46. The van der Waals surface area contributed by atoms with Crippen molar-refractivity contribution < 1.29 is 9.47 Å². The van der Waals surface area contributed by atoms with Gasteiger partial charge in [-0.15, -0.1) is 0 Å². The highest BCUT2D eigenvalue weighted by Crippen LogP contribution is 2.20. The van der Waals surface area contributed by atoms with Crippen molar-refractivity contribution in [1.82, 2.24) is 10.2 Å². The minimum Gasteiger partial charge on any atom is -0.377 e. The van der Waals surface area contributed by atoms with Gasteiger partial charge in [-0.3, -0.25) is 4.90 Å². The second-order valence-corrected chi connectivity index (χ2v) is 4.96. The summed E-state index contributed by atoms with van der Waals surface area (Å²) in [5.41, 5.74) is 0. The molecule has 0 aromatic carbocycles. The van der Waals surface area contributed by atoms with Crippen LogP contribution in [0.5, 0.6) is 0 Å². The van der Waals surface area contributed by atoms with Gasteiger partial charge in [-0.05, 0) is 31.8 Å². The highest BCUT2D eigenvalue weighted by Gasteiger charge is 2.33. The standard InChI is InChI=1S/C12H24N2O2/c1-15-11-8-14(9-12(11)16-2)7-10-3-5-13-6-4-10/h10-13H,3-9H2,1-2H3/t11-,12+. The van der Waals surface area contributed by atoms with Crippen LogP contribution in [0.1, 0.15) is 12.8 Å². The molecular formula is C12H24N2O2. The Balaban J connectivity index is 1.78. The first-order valence-corrected chi connectivity index (χ1v) is 6.32. The zero-order valence-corrected chi connectivity index (χ0v) is 10.4. The zero-order valence-electron chi connectivity index (χ0n) is 10.4. The van der Waals surface area contributed by atoms with Crippen LogP contribution >= 0.6 is 0 Å². The number of hydrogen-bond donors (Lipinski definition) is 1. The fraction of sp³-hybridized carbons (Fsp3) is 1.00. The second-order valence-electron chi connectivity index (χ2n) is 4.96. The molecule has 2 rings (SSSR count). The van der Waals surface area contributed by atoms with Crippen molar-refractivity contribution in [2.24, 2.45) is 5.92 Å². The third-order valence-corrected chi connectivity index (χ3v) is 3.87. The Morgan fingerprint density at radius 3 is 2.12 bits per heavy atom. The highest BCUT2D eigenvalue weighted by molar-refractivity contribution is 4.87. The van der Waals surface area contributed by atoms with Crippen LogP contribution < -0.4 is 5.32 Å². The molecule has 0 bridgehead atoms. The van der Waals surface area contributed by atoms with E-state index in [2.05, 4.69) is 10.2 Å². The fourth-order valence-electron chi connectivity index (χ4n) is 2.85. The molecule has 2 saturated heterocycles. The predicted octanol–water partition coefficient (Wildman–Crippen LogP) is 0.332. The molecule has 2 atom stereocenters. The number of piperidine rings is 1. The van der Waals surface area contributed by atoms with Crippen molar-refractivity contribution in [1.29, 1.82) is 0 Å². The summed E-state index contributed by atoms with van der Waals surface area (Å²) in [6.07, 6.45) is 3.14. The maximum Gasteiger partial charge on any atom is 0.0971 e. The summed E-state index contributed by atoms with van der Waals surface area (Å²) in [6.45, 7) is 5.62. The summed E-state index contributed by atoms with van der Waals surface area (Å²) in [4.78, 5) is 2.50. The van der Waals surface area contributed by atoms with E-state index in [1.165, 1.54) is 32.5 Å². The van der Waals surface area contributed by atoms with Crippen LogP contribution in [0.25, 0.3) is 0 Å². The SMILES string of the molecule is CO[C@H]1CN(CC2CCNCC2)C[C@H]1OC. The molecule has 2 fully saturated rings. The van der Waals surface area contributed by atoms with Gasteiger partial charge in [-0.25, -0.2) is 0 Å². The second kappa shape index (κ2) is 5.96. The van der Waals surface area contributed by atoms with E-state index in [0.717, 1.165) is 19.0 Å². The quantitative estimate of drug-likeness (QED) is 0.752. The molecule has 4 heteroatoms. The smallest absolute Gasteiger partial charge is 0.0971 e. The normalized spacial score (nSPS) is 33.4. The van der Waals surface area contributed by atoms with Crippen LogP contribution in [-0.4, -0.2) is 64.1 Å². The van der Waals surface area contributed by atoms with E-state index < -0.39 is 0 Å². The van der Waals surface area contributed by atoms with Crippen molar-refractivity contribution in [3.8, 4) is 0 Å². The van der Waals surface area contributed by atoms with Crippen molar-refractivity contribution >= 4 is 0 Å². The molecular weight excluding hydrogens is 204 g/mol. The Morgan fingerprint density at radius 1 is 1.06 bits per heavy atom. The molecule has 0 radical (unpaired) electrons. The van der Waals surface area contributed by atoms with Gasteiger partial charge in [0.15, 0.2) is 0 Å². The van der Waals surface area contributed by atoms with E-state index in [0.29, 0.717) is 0 Å². The van der Waals surface area contributed by atoms with Crippen molar-refractivity contribution in [3.05, 3.63) is 0 Å². The average Bonchev–Trinajstić information content (AvgIpc) is 2.72. The minimum atomic E-state index is 0.256. The Bertz CT molecular complexity index is 195. The van der Waals surface area contributed by atoms with Gasteiger partial charge in [0, 0.05) is 33.9 Å². The molecule has 1 N–H and O–H groups in total. The zero-order chi connectivity index (χ0) is 11.4. The van der Waals surface area contributed by atoms with Gasteiger partial charge in [0.1, 0.15) is 0 Å². The summed E-state index contributed by atoms with van der Waals surface area (Å²) in [5, 5.41) is 3.41. The van der Waals surface area contributed by atoms with Crippen LogP contribution in [0, 0.1) is 5.92 Å². The number of likely N-dealkylation sites (tertiary alicyclic amines) is 1. The van der Waals surface area contributed by atoms with Crippen molar-refractivity contribution in [2.75, 3.05) is 46.9 Å². The predicted molar refractivity (Wildman–Crippen MR) is 63.6 cm³/mol. The topological polar surface area (TPSA) is 33.7 Å². The van der Waals surface area contributed by atoms with E-state index in [1.54, 1.807) is 14.2 Å². The molecule has 0 saturated carbocycles. The monoisotopic (exact) mass is 228 g/mol. The van der Waals surface area contributed by atoms with Crippen LogP contribution in [0.2, 0.25) is 0 Å². The number of nitrogens with zero attached hydrogens (tertiary/aromatic N) is 1. The molecule has 0 amide bonds. The fourth-order valence-corrected chi connectivity index (χ4v) is 2.85. The maximum absolute atomic E-state index is 5.46. The van der Waals surface area contributed by atoms with E-state index >= 15 is 0 Å². The third-order valence-electron chi connectivity index (χ3n) is 3.87. The number of hydrogen-bond acceptors (Lipinski definition) is 4. The van der Waals surface area contributed by atoms with Gasteiger partial charge in [-0.2, -0.15) is 0 Å². The lowest BCUT2D eigenvalue weighted by atomic mass is 9.98. The third kappa shape index (κ3) is 2.94. The number of methoxy groups -OCH3 is 2. The summed E-state index contributed by atoms with van der Waals surface area (Å²) in [5.74, 6) is 0.856. The first-order chi connectivity index (χ1) is 7.83. The van der Waals surface area contributed by atoms with Gasteiger partial charge >= 0.3 is 0 Å². The van der Waals surface area contributed by atoms with Crippen molar-refractivity contribution in [3.63, 3.8) is 0 Å². The summed E-state index contributed by atoms with van der Waals surface area (Å²) in [7, 11) is 3.56. The molecule has 4 nitrogen and oxygen atoms in total. The number of ether oxygens (including phenoxy) is 2. The molecule has 0 aromatic rings. The summed E-state index contributed by atoms with van der Waals surface area (Å²) in [6, 6.07) is 0. The number of nitrogens with one attached hydrogen (secondary N) is 1. The van der Waals surface area contributed by atoms with Crippen LogP contribution in [0.4, 0.5) is 0 Å². The Hall–Kier alpha value is -0.160. The molecule has 0 unspecified atom stereocenters. The molecule has 2 heterocycles. The Labute approximate surface area is 98.3 Å². The van der Waals surface area contributed by atoms with Gasteiger partial charge in [0.25, 0.3) is 0 Å². The van der Waals surface area contributed by atoms with Gasteiger partial charge in [0.05, 0.1) is 12.2 Å². The van der Waals surface area contributed by atoms with Crippen LogP contribution in [-0.2, 0) is 9.47 Å². The van der Waals surface area contributed by atoms with Crippen LogP contribution in [0.15, 0.2) is 0 Å². The molecule has 0 aromatic heterocycles. The lowest BCUT2D eigenvalue weighted by molar-refractivity contribution is -0.00461. The van der Waals surface area contributed by atoms with Gasteiger partial charge in [0.2, 0.25) is 0 Å². The largest absolute Gasteiger partial charge is 0.377 e. The van der Waals surface area contributed by atoms with Gasteiger partial charge < -0.3 is 14.8 Å². The molecule has 2 aliphatic rings. The van der Waals surface area contributed by atoms with Crippen LogP contribution in [0.3, 0.4) is 0 Å². The lowest BCUT2D eigenvalue weighted by Crippen LogP contribution is -2.35. The van der Waals surface area contributed by atoms with E-state index in [4.69, 9.17) is 9.47 Å². The Kier molecular flexibility index (Phi) is 4.58. The molecule has 0 aliphatic carbocycles. The summed E-state index contributed by atoms with van der Waals surface area (Å²) >= 11 is 0. The van der Waals surface area contributed by atoms with E-state index in [-0.39, 0.29) is 12.2 Å². The molecule has 2 aliphatic heterocycles. The molecule has 94 valence electrons. The minimum absolute atomic E-state index is 0.256. The van der Waals surface area contributed by atoms with Gasteiger partial charge in [-0.1, -0.05) is 0 Å². The first kappa shape index (κ1) is 12.3. The number of rotatable bonds is 4. The first-order valence-electron chi connectivity index (χ1n) is 6.32. The average molecular weight is 228 g/mol. The lowest BCUT2D eigenvalue weighted by Gasteiger charge is -2.27. The van der Waals surface area contributed by atoms with Crippen molar-refractivity contribution in [2.45, 2.75) is 25.0 Å². The highest BCUT2D eigenvalue weighted by atomic mass is 16.5. The summed E-state index contributed by atoms with van der Waals surface area (Å²) < 4.78 is 10.9. The molecule has 16 heavy (non-hydrogen) atoms. The van der Waals surface area contributed by atoms with E-state index in [9.17, 15) is 0 Å². The van der Waals surface area contributed by atoms with E-state index in [1.807, 2.05) is 0 Å². The molecule has 0 spiro atoms. The Morgan fingerprint density at radius 2 is 1.62 bits per heavy atom.